The molecule has 0 amide bonds. The number of rotatable bonds is 3. The normalized spacial score (nSPS) is 10.6. The number of hydrogen-bond donors (Lipinski definition) is 0. The standard InChI is InChI=1S/C11H9ClO4/c1-14-6-15-10-5-9-7(4-8(10)12)2-3-11(13)16-9/h2-5H,6H2,1H3. The first-order valence-corrected chi connectivity index (χ1v) is 4.93. The highest BCUT2D eigenvalue weighted by Gasteiger charge is 2.06. The molecule has 0 radical (unpaired) electrons. The van der Waals surface area contributed by atoms with Crippen molar-refractivity contribution in [3.05, 3.63) is 39.7 Å². The topological polar surface area (TPSA) is 48.7 Å². The fourth-order valence-electron chi connectivity index (χ4n) is 1.30. The zero-order valence-corrected chi connectivity index (χ0v) is 9.28. The van der Waals surface area contributed by atoms with E-state index in [1.807, 2.05) is 0 Å². The van der Waals surface area contributed by atoms with E-state index in [1.54, 1.807) is 18.2 Å². The van der Waals surface area contributed by atoms with E-state index in [-0.39, 0.29) is 6.79 Å². The molecular weight excluding hydrogens is 232 g/mol. The molecule has 0 N–H and O–H groups in total. The van der Waals surface area contributed by atoms with E-state index < -0.39 is 5.63 Å². The number of benzene rings is 1. The first-order chi connectivity index (χ1) is 7.70. The summed E-state index contributed by atoms with van der Waals surface area (Å²) in [6, 6.07) is 6.23. The number of fused-ring (bicyclic) bond motifs is 1. The molecule has 0 aliphatic heterocycles. The molecule has 0 fully saturated rings. The maximum absolute atomic E-state index is 11.0. The highest BCUT2D eigenvalue weighted by molar-refractivity contribution is 6.32. The SMILES string of the molecule is COCOc1cc2oc(=O)ccc2cc1Cl. The molecule has 2 rings (SSSR count). The Kier molecular flexibility index (Phi) is 3.12. The summed E-state index contributed by atoms with van der Waals surface area (Å²) in [5.74, 6) is 0.422. The molecule has 1 heterocycles. The second-order valence-electron chi connectivity index (χ2n) is 3.13. The highest BCUT2D eigenvalue weighted by atomic mass is 35.5. The van der Waals surface area contributed by atoms with Crippen LogP contribution in [0.4, 0.5) is 0 Å². The summed E-state index contributed by atoms with van der Waals surface area (Å²) < 4.78 is 15.0. The van der Waals surface area contributed by atoms with Crippen molar-refractivity contribution in [1.82, 2.24) is 0 Å². The van der Waals surface area contributed by atoms with Gasteiger partial charge in [-0.1, -0.05) is 11.6 Å². The molecule has 0 aliphatic carbocycles. The Bertz CT molecular complexity index is 561. The quantitative estimate of drug-likeness (QED) is 0.611. The van der Waals surface area contributed by atoms with Gasteiger partial charge in [0.2, 0.25) is 0 Å². The zero-order chi connectivity index (χ0) is 11.5. The molecule has 0 saturated heterocycles. The summed E-state index contributed by atoms with van der Waals surface area (Å²) in [6.07, 6.45) is 0. The van der Waals surface area contributed by atoms with Gasteiger partial charge in [-0.3, -0.25) is 0 Å². The van der Waals surface area contributed by atoms with Gasteiger partial charge in [-0.2, -0.15) is 0 Å². The lowest BCUT2D eigenvalue weighted by atomic mass is 10.2. The monoisotopic (exact) mass is 240 g/mol. The Morgan fingerprint density at radius 2 is 2.19 bits per heavy atom. The molecule has 84 valence electrons. The van der Waals surface area contributed by atoms with Crippen LogP contribution in [0.5, 0.6) is 5.75 Å². The molecule has 16 heavy (non-hydrogen) atoms. The van der Waals surface area contributed by atoms with E-state index in [0.29, 0.717) is 16.4 Å². The largest absolute Gasteiger partial charge is 0.466 e. The summed E-state index contributed by atoms with van der Waals surface area (Å²) in [6.45, 7) is 0.0856. The van der Waals surface area contributed by atoms with Crippen molar-refractivity contribution in [2.24, 2.45) is 0 Å². The fourth-order valence-corrected chi connectivity index (χ4v) is 1.53. The Labute approximate surface area is 96.3 Å². The lowest BCUT2D eigenvalue weighted by Gasteiger charge is -2.07. The van der Waals surface area contributed by atoms with Crippen LogP contribution in [0.15, 0.2) is 33.5 Å². The van der Waals surface area contributed by atoms with E-state index in [0.717, 1.165) is 5.39 Å². The van der Waals surface area contributed by atoms with Crippen molar-refractivity contribution in [2.75, 3.05) is 13.9 Å². The third kappa shape index (κ3) is 2.18. The van der Waals surface area contributed by atoms with Gasteiger partial charge in [0.05, 0.1) is 5.02 Å². The summed E-state index contributed by atoms with van der Waals surface area (Å²) in [5.41, 5.74) is 0.0236. The molecule has 1 aromatic carbocycles. The maximum atomic E-state index is 11.0. The molecule has 2 aromatic rings. The lowest BCUT2D eigenvalue weighted by Crippen LogP contribution is -2.00. The van der Waals surface area contributed by atoms with Gasteiger partial charge >= 0.3 is 5.63 Å². The van der Waals surface area contributed by atoms with Gasteiger partial charge in [0.25, 0.3) is 0 Å². The fraction of sp³-hybridized carbons (Fsp3) is 0.182. The Morgan fingerprint density at radius 3 is 2.94 bits per heavy atom. The van der Waals surface area contributed by atoms with Crippen molar-refractivity contribution >= 4 is 22.6 Å². The summed E-state index contributed by atoms with van der Waals surface area (Å²) in [7, 11) is 1.51. The van der Waals surface area contributed by atoms with Gasteiger partial charge in [0.1, 0.15) is 11.3 Å². The second kappa shape index (κ2) is 4.55. The first-order valence-electron chi connectivity index (χ1n) is 4.56. The molecule has 0 spiro atoms. The van der Waals surface area contributed by atoms with Crippen LogP contribution in [0.2, 0.25) is 5.02 Å². The highest BCUT2D eigenvalue weighted by Crippen LogP contribution is 2.29. The predicted octanol–water partition coefficient (Wildman–Crippen LogP) is 2.43. The van der Waals surface area contributed by atoms with Crippen molar-refractivity contribution < 1.29 is 13.9 Å². The third-order valence-corrected chi connectivity index (χ3v) is 2.30. The molecule has 0 saturated carbocycles. The molecular formula is C11H9ClO4. The Morgan fingerprint density at radius 1 is 1.38 bits per heavy atom. The third-order valence-electron chi connectivity index (χ3n) is 2.01. The van der Waals surface area contributed by atoms with E-state index in [1.165, 1.54) is 13.2 Å². The Hall–Kier alpha value is -1.52. The van der Waals surface area contributed by atoms with Crippen LogP contribution in [0.25, 0.3) is 11.0 Å². The van der Waals surface area contributed by atoms with Gasteiger partial charge in [0, 0.05) is 24.6 Å². The molecule has 0 unspecified atom stereocenters. The van der Waals surface area contributed by atoms with Crippen LogP contribution in [0.1, 0.15) is 0 Å². The number of halogens is 1. The molecule has 4 nitrogen and oxygen atoms in total. The summed E-state index contributed by atoms with van der Waals surface area (Å²) in [5, 5.41) is 1.19. The zero-order valence-electron chi connectivity index (χ0n) is 8.53. The van der Waals surface area contributed by atoms with Gasteiger partial charge in [-0.15, -0.1) is 0 Å². The number of hydrogen-bond acceptors (Lipinski definition) is 4. The minimum atomic E-state index is -0.410. The van der Waals surface area contributed by atoms with Crippen LogP contribution in [0, 0.1) is 0 Å². The smallest absolute Gasteiger partial charge is 0.336 e. The van der Waals surface area contributed by atoms with Crippen molar-refractivity contribution in [2.45, 2.75) is 0 Å². The molecule has 0 atom stereocenters. The predicted molar refractivity (Wildman–Crippen MR) is 60.0 cm³/mol. The number of ether oxygens (including phenoxy) is 2. The summed E-state index contributed by atoms with van der Waals surface area (Å²) in [4.78, 5) is 11.0. The van der Waals surface area contributed by atoms with Crippen LogP contribution < -0.4 is 10.4 Å². The van der Waals surface area contributed by atoms with Crippen LogP contribution in [-0.2, 0) is 4.74 Å². The Balaban J connectivity index is 2.51. The van der Waals surface area contributed by atoms with Crippen molar-refractivity contribution in [3.63, 3.8) is 0 Å². The summed E-state index contributed by atoms with van der Waals surface area (Å²) >= 11 is 5.98. The number of methoxy groups -OCH3 is 1. The van der Waals surface area contributed by atoms with Gasteiger partial charge in [-0.05, 0) is 12.1 Å². The van der Waals surface area contributed by atoms with Crippen LogP contribution in [-0.4, -0.2) is 13.9 Å². The van der Waals surface area contributed by atoms with Gasteiger partial charge in [-0.25, -0.2) is 4.79 Å². The molecule has 5 heteroatoms. The van der Waals surface area contributed by atoms with E-state index in [9.17, 15) is 4.79 Å². The van der Waals surface area contributed by atoms with Crippen molar-refractivity contribution in [3.8, 4) is 5.75 Å². The van der Waals surface area contributed by atoms with Crippen LogP contribution in [0.3, 0.4) is 0 Å². The minimum Gasteiger partial charge on any atom is -0.466 e. The van der Waals surface area contributed by atoms with Crippen LogP contribution >= 0.6 is 11.6 Å². The average molecular weight is 241 g/mol. The van der Waals surface area contributed by atoms with Crippen molar-refractivity contribution in [1.29, 1.82) is 0 Å². The molecule has 0 aliphatic rings. The van der Waals surface area contributed by atoms with Gasteiger partial charge in [0.15, 0.2) is 6.79 Å². The van der Waals surface area contributed by atoms with Gasteiger partial charge < -0.3 is 13.9 Å². The minimum absolute atomic E-state index is 0.0856. The van der Waals surface area contributed by atoms with E-state index >= 15 is 0 Å². The van der Waals surface area contributed by atoms with E-state index in [4.69, 9.17) is 25.5 Å². The van der Waals surface area contributed by atoms with E-state index in [2.05, 4.69) is 0 Å². The first kappa shape index (κ1) is 11.0. The second-order valence-corrected chi connectivity index (χ2v) is 3.53. The molecule has 1 aromatic heterocycles. The lowest BCUT2D eigenvalue weighted by molar-refractivity contribution is 0.0512. The maximum Gasteiger partial charge on any atom is 0.336 e. The average Bonchev–Trinajstić information content (AvgIpc) is 2.27. The molecule has 0 bridgehead atoms.